The van der Waals surface area contributed by atoms with E-state index in [2.05, 4.69) is 15.9 Å². The summed E-state index contributed by atoms with van der Waals surface area (Å²) < 4.78 is 14.5. The Kier molecular flexibility index (Phi) is 3.10. The summed E-state index contributed by atoms with van der Waals surface area (Å²) in [6.45, 7) is 3.59. The number of rotatable bonds is 1. The average molecular weight is 279 g/mol. The third-order valence-electron chi connectivity index (χ3n) is 2.62. The molecule has 0 fully saturated rings. The Morgan fingerprint density at radius 2 is 1.56 bits per heavy atom. The van der Waals surface area contributed by atoms with E-state index < -0.39 is 0 Å². The highest BCUT2D eigenvalue weighted by Crippen LogP contribution is 2.30. The van der Waals surface area contributed by atoms with E-state index in [0.29, 0.717) is 11.1 Å². The number of benzene rings is 2. The van der Waals surface area contributed by atoms with E-state index in [1.165, 1.54) is 0 Å². The van der Waals surface area contributed by atoms with Crippen LogP contribution < -0.4 is 0 Å². The monoisotopic (exact) mass is 278 g/mol. The first-order valence-corrected chi connectivity index (χ1v) is 5.90. The van der Waals surface area contributed by atoms with Crippen LogP contribution in [0.3, 0.4) is 0 Å². The number of hydrogen-bond donors (Lipinski definition) is 0. The lowest BCUT2D eigenvalue weighted by Crippen LogP contribution is -1.90. The minimum Gasteiger partial charge on any atom is -0.206 e. The lowest BCUT2D eigenvalue weighted by Gasteiger charge is -2.08. The molecule has 0 bridgehead atoms. The molecule has 0 heterocycles. The zero-order valence-electron chi connectivity index (χ0n) is 9.22. The first kappa shape index (κ1) is 11.3. The molecule has 2 heteroatoms. The normalized spacial score (nSPS) is 10.5. The van der Waals surface area contributed by atoms with Crippen LogP contribution in [-0.4, -0.2) is 0 Å². The SMILES string of the molecule is Cc1cc(-c2ccccc2Br)cc(C)c1F. The summed E-state index contributed by atoms with van der Waals surface area (Å²) in [5, 5.41) is 0. The molecule has 0 saturated heterocycles. The van der Waals surface area contributed by atoms with Gasteiger partial charge in [-0.3, -0.25) is 0 Å². The zero-order valence-corrected chi connectivity index (χ0v) is 10.8. The van der Waals surface area contributed by atoms with Gasteiger partial charge >= 0.3 is 0 Å². The highest BCUT2D eigenvalue weighted by molar-refractivity contribution is 9.10. The van der Waals surface area contributed by atoms with Gasteiger partial charge in [0, 0.05) is 4.47 Å². The molecule has 0 aliphatic carbocycles. The van der Waals surface area contributed by atoms with Crippen molar-refractivity contribution in [1.82, 2.24) is 0 Å². The maximum atomic E-state index is 13.5. The Bertz CT molecular complexity index is 509. The van der Waals surface area contributed by atoms with Gasteiger partial charge in [0.15, 0.2) is 0 Å². The van der Waals surface area contributed by atoms with Crippen LogP contribution in [0.5, 0.6) is 0 Å². The summed E-state index contributed by atoms with van der Waals surface area (Å²) in [5.74, 6) is -0.115. The molecular weight excluding hydrogens is 267 g/mol. The number of halogens is 2. The van der Waals surface area contributed by atoms with E-state index in [9.17, 15) is 4.39 Å². The minimum absolute atomic E-state index is 0.115. The molecule has 0 aromatic heterocycles. The van der Waals surface area contributed by atoms with Gasteiger partial charge in [0.25, 0.3) is 0 Å². The van der Waals surface area contributed by atoms with Crippen molar-refractivity contribution < 1.29 is 4.39 Å². The lowest BCUT2D eigenvalue weighted by molar-refractivity contribution is 0.609. The third kappa shape index (κ3) is 2.03. The molecular formula is C14H12BrF. The lowest BCUT2D eigenvalue weighted by atomic mass is 10.0. The molecule has 2 aromatic rings. The average Bonchev–Trinajstić information content (AvgIpc) is 2.26. The topological polar surface area (TPSA) is 0 Å². The van der Waals surface area contributed by atoms with E-state index >= 15 is 0 Å². The van der Waals surface area contributed by atoms with Crippen LogP contribution in [0, 0.1) is 19.7 Å². The summed E-state index contributed by atoms with van der Waals surface area (Å²) in [6, 6.07) is 11.7. The van der Waals surface area contributed by atoms with Crippen LogP contribution in [0.4, 0.5) is 4.39 Å². The van der Waals surface area contributed by atoms with E-state index in [1.807, 2.05) is 36.4 Å². The summed E-state index contributed by atoms with van der Waals surface area (Å²) in [6.07, 6.45) is 0. The van der Waals surface area contributed by atoms with Gasteiger partial charge in [-0.2, -0.15) is 0 Å². The van der Waals surface area contributed by atoms with Crippen molar-refractivity contribution in [2.45, 2.75) is 13.8 Å². The van der Waals surface area contributed by atoms with E-state index in [1.54, 1.807) is 13.8 Å². The van der Waals surface area contributed by atoms with Crippen molar-refractivity contribution in [3.05, 3.63) is 57.8 Å². The molecule has 82 valence electrons. The second-order valence-electron chi connectivity index (χ2n) is 3.90. The fourth-order valence-electron chi connectivity index (χ4n) is 1.80. The zero-order chi connectivity index (χ0) is 11.7. The molecule has 16 heavy (non-hydrogen) atoms. The minimum atomic E-state index is -0.115. The van der Waals surface area contributed by atoms with E-state index in [0.717, 1.165) is 15.6 Å². The smallest absolute Gasteiger partial charge is 0.129 e. The van der Waals surface area contributed by atoms with Gasteiger partial charge in [0.2, 0.25) is 0 Å². The van der Waals surface area contributed by atoms with E-state index in [-0.39, 0.29) is 5.82 Å². The van der Waals surface area contributed by atoms with E-state index in [4.69, 9.17) is 0 Å². The van der Waals surface area contributed by atoms with Crippen molar-refractivity contribution in [2.24, 2.45) is 0 Å². The Labute approximate surface area is 103 Å². The van der Waals surface area contributed by atoms with Crippen LogP contribution in [0.2, 0.25) is 0 Å². The molecule has 0 aliphatic rings. The standard InChI is InChI=1S/C14H12BrF/c1-9-7-11(8-10(2)14(9)16)12-5-3-4-6-13(12)15/h3-8H,1-2H3. The van der Waals surface area contributed by atoms with Crippen LogP contribution in [0.25, 0.3) is 11.1 Å². The van der Waals surface area contributed by atoms with Gasteiger partial charge in [0.1, 0.15) is 5.82 Å². The third-order valence-corrected chi connectivity index (χ3v) is 3.31. The predicted molar refractivity (Wildman–Crippen MR) is 69.0 cm³/mol. The Hall–Kier alpha value is -1.15. The molecule has 0 N–H and O–H groups in total. The fourth-order valence-corrected chi connectivity index (χ4v) is 2.31. The molecule has 0 aliphatic heterocycles. The van der Waals surface area contributed by atoms with Crippen molar-refractivity contribution in [1.29, 1.82) is 0 Å². The quantitative estimate of drug-likeness (QED) is 0.698. The summed E-state index contributed by atoms with van der Waals surface area (Å²) >= 11 is 3.51. The fraction of sp³-hybridized carbons (Fsp3) is 0.143. The summed E-state index contributed by atoms with van der Waals surface area (Å²) in [4.78, 5) is 0. The van der Waals surface area contributed by atoms with Crippen molar-refractivity contribution >= 4 is 15.9 Å². The van der Waals surface area contributed by atoms with Crippen molar-refractivity contribution in [3.63, 3.8) is 0 Å². The van der Waals surface area contributed by atoms with Crippen LogP contribution in [0.1, 0.15) is 11.1 Å². The molecule has 0 spiro atoms. The first-order chi connectivity index (χ1) is 7.59. The van der Waals surface area contributed by atoms with Gasteiger partial charge in [-0.1, -0.05) is 34.1 Å². The summed E-state index contributed by atoms with van der Waals surface area (Å²) in [5.41, 5.74) is 3.51. The molecule has 0 nitrogen and oxygen atoms in total. The van der Waals surface area contributed by atoms with Gasteiger partial charge in [0.05, 0.1) is 0 Å². The molecule has 0 saturated carbocycles. The van der Waals surface area contributed by atoms with Crippen LogP contribution in [0.15, 0.2) is 40.9 Å². The highest BCUT2D eigenvalue weighted by Gasteiger charge is 2.07. The Morgan fingerprint density at radius 3 is 2.12 bits per heavy atom. The second kappa shape index (κ2) is 4.38. The maximum absolute atomic E-state index is 13.5. The maximum Gasteiger partial charge on any atom is 0.129 e. The second-order valence-corrected chi connectivity index (χ2v) is 4.76. The predicted octanol–water partition coefficient (Wildman–Crippen LogP) is 4.87. The van der Waals surface area contributed by atoms with Crippen LogP contribution >= 0.6 is 15.9 Å². The van der Waals surface area contributed by atoms with Gasteiger partial charge < -0.3 is 0 Å². The molecule has 0 amide bonds. The van der Waals surface area contributed by atoms with Gasteiger partial charge in [-0.05, 0) is 54.3 Å². The molecule has 0 atom stereocenters. The first-order valence-electron chi connectivity index (χ1n) is 5.11. The van der Waals surface area contributed by atoms with Crippen molar-refractivity contribution in [3.8, 4) is 11.1 Å². The number of hydrogen-bond acceptors (Lipinski definition) is 0. The highest BCUT2D eigenvalue weighted by atomic mass is 79.9. The van der Waals surface area contributed by atoms with Crippen LogP contribution in [-0.2, 0) is 0 Å². The van der Waals surface area contributed by atoms with Gasteiger partial charge in [-0.25, -0.2) is 4.39 Å². The molecule has 0 radical (unpaired) electrons. The van der Waals surface area contributed by atoms with Crippen molar-refractivity contribution in [2.75, 3.05) is 0 Å². The Morgan fingerprint density at radius 1 is 1.00 bits per heavy atom. The Balaban J connectivity index is 2.62. The molecule has 2 aromatic carbocycles. The largest absolute Gasteiger partial charge is 0.206 e. The van der Waals surface area contributed by atoms with Gasteiger partial charge in [-0.15, -0.1) is 0 Å². The molecule has 0 unspecified atom stereocenters. The summed E-state index contributed by atoms with van der Waals surface area (Å²) in [7, 11) is 0. The molecule has 2 rings (SSSR count). The number of aryl methyl sites for hydroxylation is 2.